The topological polar surface area (TPSA) is 20.2 Å². The quantitative estimate of drug-likeness (QED) is 0.801. The molecule has 1 N–H and O–H groups in total. The molecule has 1 rings (SSSR count). The van der Waals surface area contributed by atoms with Crippen molar-refractivity contribution in [2.75, 3.05) is 0 Å². The SMILES string of the molecule is OC(c1ccc(Cl)c(Cl)c1)C(Cl)Cl. The monoisotopic (exact) mass is 258 g/mol. The van der Waals surface area contributed by atoms with Crippen LogP contribution in [-0.2, 0) is 0 Å². The van der Waals surface area contributed by atoms with Gasteiger partial charge in [-0.3, -0.25) is 0 Å². The van der Waals surface area contributed by atoms with Gasteiger partial charge in [-0.2, -0.15) is 0 Å². The van der Waals surface area contributed by atoms with Crippen LogP contribution in [0.1, 0.15) is 11.7 Å². The highest BCUT2D eigenvalue weighted by molar-refractivity contribution is 6.44. The molecule has 0 aliphatic carbocycles. The van der Waals surface area contributed by atoms with E-state index in [1.54, 1.807) is 12.1 Å². The van der Waals surface area contributed by atoms with Crippen molar-refractivity contribution in [3.63, 3.8) is 0 Å². The van der Waals surface area contributed by atoms with Crippen LogP contribution in [0.3, 0.4) is 0 Å². The van der Waals surface area contributed by atoms with E-state index in [-0.39, 0.29) is 0 Å². The molecular weight excluding hydrogens is 254 g/mol. The lowest BCUT2D eigenvalue weighted by atomic mass is 10.1. The fourth-order valence-electron chi connectivity index (χ4n) is 0.842. The Morgan fingerprint density at radius 1 is 1.08 bits per heavy atom. The number of aliphatic hydroxyl groups excluding tert-OH is 1. The van der Waals surface area contributed by atoms with Crippen LogP contribution in [0.25, 0.3) is 0 Å². The summed E-state index contributed by atoms with van der Waals surface area (Å²) in [6, 6.07) is 4.74. The standard InChI is InChI=1S/C8H6Cl4O/c9-5-2-1-4(3-6(5)10)7(13)8(11)12/h1-3,7-8,13H. The number of rotatable bonds is 2. The Morgan fingerprint density at radius 3 is 2.15 bits per heavy atom. The van der Waals surface area contributed by atoms with Crippen LogP contribution in [-0.4, -0.2) is 9.94 Å². The highest BCUT2D eigenvalue weighted by atomic mass is 35.5. The molecule has 13 heavy (non-hydrogen) atoms. The van der Waals surface area contributed by atoms with Crippen LogP contribution < -0.4 is 0 Å². The van der Waals surface area contributed by atoms with Crippen molar-refractivity contribution in [1.29, 1.82) is 0 Å². The Balaban J connectivity index is 2.97. The van der Waals surface area contributed by atoms with Crippen LogP contribution >= 0.6 is 46.4 Å². The average molecular weight is 260 g/mol. The zero-order chi connectivity index (χ0) is 10.0. The van der Waals surface area contributed by atoms with E-state index < -0.39 is 10.9 Å². The fourth-order valence-corrected chi connectivity index (χ4v) is 1.44. The third-order valence-corrected chi connectivity index (χ3v) is 2.74. The van der Waals surface area contributed by atoms with Gasteiger partial charge in [0.1, 0.15) is 10.9 Å². The smallest absolute Gasteiger partial charge is 0.137 e. The molecule has 0 fully saturated rings. The van der Waals surface area contributed by atoms with E-state index in [1.807, 2.05) is 0 Å². The lowest BCUT2D eigenvalue weighted by Gasteiger charge is -2.11. The molecule has 5 heteroatoms. The summed E-state index contributed by atoms with van der Waals surface area (Å²) >= 11 is 22.4. The molecule has 0 aliphatic rings. The Kier molecular flexibility index (Phi) is 4.14. The van der Waals surface area contributed by atoms with Gasteiger partial charge in [0.25, 0.3) is 0 Å². The predicted molar refractivity (Wildman–Crippen MR) is 56.9 cm³/mol. The summed E-state index contributed by atoms with van der Waals surface area (Å²) in [6.45, 7) is 0. The number of halogens is 4. The summed E-state index contributed by atoms with van der Waals surface area (Å²) in [6.07, 6.45) is -0.946. The van der Waals surface area contributed by atoms with Gasteiger partial charge in [0.15, 0.2) is 0 Å². The van der Waals surface area contributed by atoms with Gasteiger partial charge < -0.3 is 5.11 Å². The molecule has 1 nitrogen and oxygen atoms in total. The highest BCUT2D eigenvalue weighted by Gasteiger charge is 2.16. The summed E-state index contributed by atoms with van der Waals surface area (Å²) in [4.78, 5) is -0.878. The van der Waals surface area contributed by atoms with Crippen molar-refractivity contribution in [2.45, 2.75) is 10.9 Å². The normalized spacial score (nSPS) is 13.4. The second-order valence-corrected chi connectivity index (χ2v) is 4.43. The van der Waals surface area contributed by atoms with Crippen LogP contribution in [0.2, 0.25) is 10.0 Å². The van der Waals surface area contributed by atoms with Crippen molar-refractivity contribution in [2.24, 2.45) is 0 Å². The minimum absolute atomic E-state index is 0.368. The van der Waals surface area contributed by atoms with Gasteiger partial charge in [0.2, 0.25) is 0 Å². The molecule has 0 aliphatic heterocycles. The zero-order valence-corrected chi connectivity index (χ0v) is 9.37. The first-order valence-electron chi connectivity index (χ1n) is 3.43. The maximum absolute atomic E-state index is 9.45. The third-order valence-electron chi connectivity index (χ3n) is 1.52. The lowest BCUT2D eigenvalue weighted by molar-refractivity contribution is 0.193. The Morgan fingerprint density at radius 2 is 1.69 bits per heavy atom. The molecular formula is C8H6Cl4O. The van der Waals surface area contributed by atoms with Gasteiger partial charge >= 0.3 is 0 Å². The van der Waals surface area contributed by atoms with Gasteiger partial charge in [0, 0.05) is 0 Å². The van der Waals surface area contributed by atoms with Crippen molar-refractivity contribution in [3.05, 3.63) is 33.8 Å². The van der Waals surface area contributed by atoms with Gasteiger partial charge in [-0.25, -0.2) is 0 Å². The number of benzene rings is 1. The van der Waals surface area contributed by atoms with Crippen molar-refractivity contribution < 1.29 is 5.11 Å². The molecule has 0 radical (unpaired) electrons. The molecule has 72 valence electrons. The lowest BCUT2D eigenvalue weighted by Crippen LogP contribution is -2.05. The Bertz CT molecular complexity index is 300. The molecule has 0 spiro atoms. The summed E-state index contributed by atoms with van der Waals surface area (Å²) in [5.74, 6) is 0. The number of alkyl halides is 2. The number of hydrogen-bond donors (Lipinski definition) is 1. The molecule has 0 amide bonds. The molecule has 1 atom stereocenters. The summed E-state index contributed by atoms with van der Waals surface area (Å²) in [5, 5.41) is 10.2. The van der Waals surface area contributed by atoms with E-state index in [0.717, 1.165) is 0 Å². The minimum atomic E-state index is -0.946. The first kappa shape index (κ1) is 11.4. The highest BCUT2D eigenvalue weighted by Crippen LogP contribution is 2.29. The van der Waals surface area contributed by atoms with Crippen LogP contribution in [0.15, 0.2) is 18.2 Å². The average Bonchev–Trinajstić information content (AvgIpc) is 2.08. The predicted octanol–water partition coefficient (Wildman–Crippen LogP) is 3.83. The van der Waals surface area contributed by atoms with Crippen LogP contribution in [0.5, 0.6) is 0 Å². The second kappa shape index (κ2) is 4.72. The molecule has 1 aromatic carbocycles. The maximum atomic E-state index is 9.45. The van der Waals surface area contributed by atoms with Gasteiger partial charge in [-0.05, 0) is 17.7 Å². The largest absolute Gasteiger partial charge is 0.386 e. The maximum Gasteiger partial charge on any atom is 0.137 e. The molecule has 0 heterocycles. The summed E-state index contributed by atoms with van der Waals surface area (Å²) < 4.78 is 0. The molecule has 0 saturated carbocycles. The Hall–Kier alpha value is 0.340. The fraction of sp³-hybridized carbons (Fsp3) is 0.250. The molecule has 0 saturated heterocycles. The van der Waals surface area contributed by atoms with Gasteiger partial charge in [-0.15, -0.1) is 23.2 Å². The van der Waals surface area contributed by atoms with Crippen LogP contribution in [0, 0.1) is 0 Å². The zero-order valence-electron chi connectivity index (χ0n) is 6.35. The Labute approximate surface area is 96.2 Å². The van der Waals surface area contributed by atoms with E-state index in [4.69, 9.17) is 46.4 Å². The summed E-state index contributed by atoms with van der Waals surface area (Å²) in [5.41, 5.74) is 0.546. The first-order valence-corrected chi connectivity index (χ1v) is 5.06. The van der Waals surface area contributed by atoms with Crippen molar-refractivity contribution in [3.8, 4) is 0 Å². The summed E-state index contributed by atoms with van der Waals surface area (Å²) in [7, 11) is 0. The van der Waals surface area contributed by atoms with Gasteiger partial charge in [0.05, 0.1) is 10.0 Å². The molecule has 0 bridgehead atoms. The first-order chi connectivity index (χ1) is 6.02. The van der Waals surface area contributed by atoms with E-state index in [0.29, 0.717) is 15.6 Å². The minimum Gasteiger partial charge on any atom is -0.386 e. The number of aliphatic hydroxyl groups is 1. The van der Waals surface area contributed by atoms with Crippen LogP contribution in [0.4, 0.5) is 0 Å². The van der Waals surface area contributed by atoms with Crippen molar-refractivity contribution >= 4 is 46.4 Å². The molecule has 0 aromatic heterocycles. The van der Waals surface area contributed by atoms with Crippen molar-refractivity contribution in [1.82, 2.24) is 0 Å². The van der Waals surface area contributed by atoms with E-state index in [1.165, 1.54) is 6.07 Å². The number of hydrogen-bond acceptors (Lipinski definition) is 1. The van der Waals surface area contributed by atoms with E-state index >= 15 is 0 Å². The van der Waals surface area contributed by atoms with E-state index in [2.05, 4.69) is 0 Å². The molecule has 1 unspecified atom stereocenters. The second-order valence-electron chi connectivity index (χ2n) is 2.45. The molecule has 1 aromatic rings. The van der Waals surface area contributed by atoms with Gasteiger partial charge in [-0.1, -0.05) is 29.3 Å². The third kappa shape index (κ3) is 2.90. The van der Waals surface area contributed by atoms with E-state index in [9.17, 15) is 5.11 Å².